The number of likely N-dealkylation sites (tertiary alicyclic amines) is 1. The molecule has 0 saturated carbocycles. The molecule has 0 amide bonds. The van der Waals surface area contributed by atoms with Crippen molar-refractivity contribution < 1.29 is 4.39 Å². The third-order valence-corrected chi connectivity index (χ3v) is 3.37. The number of nitrogens with two attached hydrogens (primary N) is 1. The van der Waals surface area contributed by atoms with Gasteiger partial charge in [-0.3, -0.25) is 4.90 Å². The summed E-state index contributed by atoms with van der Waals surface area (Å²) in [5.74, 6) is -0.286. The van der Waals surface area contributed by atoms with E-state index in [0.29, 0.717) is 11.7 Å². The molecule has 3 N–H and O–H groups in total. The van der Waals surface area contributed by atoms with E-state index in [-0.39, 0.29) is 5.82 Å². The Labute approximate surface area is 102 Å². The van der Waals surface area contributed by atoms with Crippen LogP contribution < -0.4 is 11.1 Å². The molecule has 4 heteroatoms. The Hall–Kier alpha value is -1.29. The zero-order valence-electron chi connectivity index (χ0n) is 10.2. The van der Waals surface area contributed by atoms with Crippen LogP contribution in [0.25, 0.3) is 0 Å². The first-order valence-corrected chi connectivity index (χ1v) is 6.23. The number of benzene rings is 1. The van der Waals surface area contributed by atoms with Gasteiger partial charge in [0, 0.05) is 24.0 Å². The average Bonchev–Trinajstić information content (AvgIpc) is 2.72. The summed E-state index contributed by atoms with van der Waals surface area (Å²) in [4.78, 5) is 2.45. The summed E-state index contributed by atoms with van der Waals surface area (Å²) in [5.41, 5.74) is 6.84. The van der Waals surface area contributed by atoms with Crippen molar-refractivity contribution in [2.45, 2.75) is 25.8 Å². The molecular weight excluding hydrogens is 217 g/mol. The van der Waals surface area contributed by atoms with Crippen molar-refractivity contribution >= 4 is 11.4 Å². The van der Waals surface area contributed by atoms with Crippen LogP contribution in [-0.4, -0.2) is 30.6 Å². The maximum absolute atomic E-state index is 13.1. The highest BCUT2D eigenvalue weighted by atomic mass is 19.1. The zero-order chi connectivity index (χ0) is 12.3. The number of halogens is 1. The molecule has 2 rings (SSSR count). The average molecular weight is 237 g/mol. The first-order valence-electron chi connectivity index (χ1n) is 6.23. The number of nitrogens with one attached hydrogen (secondary N) is 1. The highest BCUT2D eigenvalue weighted by Crippen LogP contribution is 2.19. The lowest BCUT2D eigenvalue weighted by Gasteiger charge is -2.23. The molecule has 17 heavy (non-hydrogen) atoms. The van der Waals surface area contributed by atoms with E-state index in [0.717, 1.165) is 18.8 Å². The SMILES string of the molecule is CCN1CCCC1CNc1cc(N)cc(F)c1. The molecule has 1 saturated heterocycles. The molecule has 0 aromatic heterocycles. The van der Waals surface area contributed by atoms with E-state index in [2.05, 4.69) is 17.1 Å². The van der Waals surface area contributed by atoms with Gasteiger partial charge < -0.3 is 11.1 Å². The third kappa shape index (κ3) is 3.09. The van der Waals surface area contributed by atoms with Gasteiger partial charge in [-0.15, -0.1) is 0 Å². The normalized spacial score (nSPS) is 20.7. The fourth-order valence-corrected chi connectivity index (χ4v) is 2.49. The van der Waals surface area contributed by atoms with Gasteiger partial charge >= 0.3 is 0 Å². The Bertz CT molecular complexity index is 361. The Kier molecular flexibility index (Phi) is 3.84. The standard InChI is InChI=1S/C13H20FN3/c1-2-17-5-3-4-13(17)9-16-12-7-10(14)6-11(15)8-12/h6-8,13,16H,2-5,9,15H2,1H3. The summed E-state index contributed by atoms with van der Waals surface area (Å²) < 4.78 is 13.1. The lowest BCUT2D eigenvalue weighted by atomic mass is 10.2. The Morgan fingerprint density at radius 3 is 3.00 bits per heavy atom. The van der Waals surface area contributed by atoms with Crippen molar-refractivity contribution in [1.29, 1.82) is 0 Å². The zero-order valence-corrected chi connectivity index (χ0v) is 10.2. The Morgan fingerprint density at radius 1 is 1.47 bits per heavy atom. The first kappa shape index (κ1) is 12.2. The van der Waals surface area contributed by atoms with Crippen molar-refractivity contribution in [1.82, 2.24) is 4.90 Å². The summed E-state index contributed by atoms with van der Waals surface area (Å²) in [7, 11) is 0. The third-order valence-electron chi connectivity index (χ3n) is 3.37. The Balaban J connectivity index is 1.93. The fourth-order valence-electron chi connectivity index (χ4n) is 2.49. The largest absolute Gasteiger partial charge is 0.399 e. The van der Waals surface area contributed by atoms with Crippen LogP contribution in [0.3, 0.4) is 0 Å². The number of anilines is 2. The van der Waals surface area contributed by atoms with E-state index in [1.807, 2.05) is 0 Å². The molecular formula is C13H20FN3. The van der Waals surface area contributed by atoms with Crippen molar-refractivity contribution in [2.75, 3.05) is 30.7 Å². The second kappa shape index (κ2) is 5.36. The van der Waals surface area contributed by atoms with Gasteiger partial charge in [0.25, 0.3) is 0 Å². The molecule has 1 aliphatic rings. The molecule has 1 aromatic carbocycles. The molecule has 1 unspecified atom stereocenters. The molecule has 1 heterocycles. The molecule has 1 fully saturated rings. The molecule has 1 atom stereocenters. The van der Waals surface area contributed by atoms with Gasteiger partial charge in [0.05, 0.1) is 0 Å². The molecule has 1 aromatic rings. The molecule has 94 valence electrons. The predicted octanol–water partition coefficient (Wildman–Crippen LogP) is 2.30. The van der Waals surface area contributed by atoms with E-state index in [1.54, 1.807) is 6.07 Å². The molecule has 0 bridgehead atoms. The van der Waals surface area contributed by atoms with E-state index in [1.165, 1.54) is 31.5 Å². The van der Waals surface area contributed by atoms with E-state index in [9.17, 15) is 4.39 Å². The molecule has 1 aliphatic heterocycles. The smallest absolute Gasteiger partial charge is 0.127 e. The van der Waals surface area contributed by atoms with Crippen LogP contribution in [0.4, 0.5) is 15.8 Å². The van der Waals surface area contributed by atoms with Crippen LogP contribution in [0.1, 0.15) is 19.8 Å². The van der Waals surface area contributed by atoms with Crippen LogP contribution in [-0.2, 0) is 0 Å². The quantitative estimate of drug-likeness (QED) is 0.790. The number of hydrogen-bond acceptors (Lipinski definition) is 3. The Morgan fingerprint density at radius 2 is 2.29 bits per heavy atom. The predicted molar refractivity (Wildman–Crippen MR) is 69.6 cm³/mol. The topological polar surface area (TPSA) is 41.3 Å². The minimum absolute atomic E-state index is 0.286. The molecule has 3 nitrogen and oxygen atoms in total. The van der Waals surface area contributed by atoms with Crippen LogP contribution in [0, 0.1) is 5.82 Å². The van der Waals surface area contributed by atoms with Crippen molar-refractivity contribution in [3.63, 3.8) is 0 Å². The van der Waals surface area contributed by atoms with E-state index < -0.39 is 0 Å². The lowest BCUT2D eigenvalue weighted by Crippen LogP contribution is -2.34. The van der Waals surface area contributed by atoms with Crippen LogP contribution in [0.5, 0.6) is 0 Å². The molecule has 0 radical (unpaired) electrons. The van der Waals surface area contributed by atoms with Gasteiger partial charge in [0.15, 0.2) is 0 Å². The van der Waals surface area contributed by atoms with Crippen LogP contribution in [0.2, 0.25) is 0 Å². The molecule has 0 aliphatic carbocycles. The van der Waals surface area contributed by atoms with Gasteiger partial charge in [0.2, 0.25) is 0 Å². The number of nitrogen functional groups attached to an aromatic ring is 1. The molecule has 0 spiro atoms. The van der Waals surface area contributed by atoms with Crippen LogP contribution >= 0.6 is 0 Å². The van der Waals surface area contributed by atoms with Gasteiger partial charge in [-0.25, -0.2) is 4.39 Å². The lowest BCUT2D eigenvalue weighted by molar-refractivity contribution is 0.277. The minimum atomic E-state index is -0.286. The summed E-state index contributed by atoms with van der Waals surface area (Å²) in [6.07, 6.45) is 2.47. The highest BCUT2D eigenvalue weighted by molar-refractivity contribution is 5.54. The second-order valence-corrected chi connectivity index (χ2v) is 4.58. The van der Waals surface area contributed by atoms with Crippen LogP contribution in [0.15, 0.2) is 18.2 Å². The highest BCUT2D eigenvalue weighted by Gasteiger charge is 2.22. The number of nitrogens with zero attached hydrogens (tertiary/aromatic N) is 1. The van der Waals surface area contributed by atoms with E-state index >= 15 is 0 Å². The summed E-state index contributed by atoms with van der Waals surface area (Å²) in [6, 6.07) is 5.15. The fraction of sp³-hybridized carbons (Fsp3) is 0.538. The van der Waals surface area contributed by atoms with Crippen molar-refractivity contribution in [3.05, 3.63) is 24.0 Å². The second-order valence-electron chi connectivity index (χ2n) is 4.58. The number of hydrogen-bond donors (Lipinski definition) is 2. The van der Waals surface area contributed by atoms with Gasteiger partial charge in [-0.2, -0.15) is 0 Å². The van der Waals surface area contributed by atoms with Gasteiger partial charge in [0.1, 0.15) is 5.82 Å². The summed E-state index contributed by atoms with van der Waals surface area (Å²) in [5, 5.41) is 3.27. The minimum Gasteiger partial charge on any atom is -0.399 e. The number of likely N-dealkylation sites (N-methyl/N-ethyl adjacent to an activating group) is 1. The number of rotatable bonds is 4. The monoisotopic (exact) mass is 237 g/mol. The first-order chi connectivity index (χ1) is 8.19. The van der Waals surface area contributed by atoms with E-state index in [4.69, 9.17) is 5.73 Å². The maximum Gasteiger partial charge on any atom is 0.127 e. The van der Waals surface area contributed by atoms with Gasteiger partial charge in [-0.1, -0.05) is 6.92 Å². The van der Waals surface area contributed by atoms with Crippen molar-refractivity contribution in [2.24, 2.45) is 0 Å². The summed E-state index contributed by atoms with van der Waals surface area (Å²) >= 11 is 0. The van der Waals surface area contributed by atoms with Gasteiger partial charge in [-0.05, 0) is 44.1 Å². The summed E-state index contributed by atoms with van der Waals surface area (Å²) in [6.45, 7) is 5.29. The maximum atomic E-state index is 13.1. The van der Waals surface area contributed by atoms with Crippen molar-refractivity contribution in [3.8, 4) is 0 Å².